The molecule has 0 saturated carbocycles. The predicted molar refractivity (Wildman–Crippen MR) is 631 cm³/mol. The molecule has 0 aliphatic carbocycles. The molecule has 9 nitrogen and oxygen atoms in total. The molecule has 3 aromatic heterocycles. The lowest BCUT2D eigenvalue weighted by Crippen LogP contribution is -2.18. The van der Waals surface area contributed by atoms with E-state index < -0.39 is 0 Å². The number of nitrogens with zero attached hydrogens (tertiary/aromatic N) is 9. The van der Waals surface area contributed by atoms with Crippen LogP contribution in [-0.4, -0.2) is 28.7 Å². The molecule has 0 spiro atoms. The van der Waals surface area contributed by atoms with E-state index in [1.165, 1.54) is 163 Å². The molecule has 9 heteroatoms. The van der Waals surface area contributed by atoms with Gasteiger partial charge >= 0.3 is 0 Å². The number of aromatic nitrogens is 6. The molecular weight excluding hydrogens is 1820 g/mol. The maximum atomic E-state index is 5.50. The van der Waals surface area contributed by atoms with Crippen LogP contribution in [0.5, 0.6) is 0 Å². The normalized spacial score (nSPS) is 12.4. The molecule has 0 bridgehead atoms. The first-order valence-electron chi connectivity index (χ1n) is 51.5. The van der Waals surface area contributed by atoms with Gasteiger partial charge in [-0.3, -0.25) is 13.7 Å². The lowest BCUT2D eigenvalue weighted by Gasteiger charge is -2.33. The molecule has 150 heavy (non-hydrogen) atoms. The number of anilines is 9. The van der Waals surface area contributed by atoms with Gasteiger partial charge in [-0.2, -0.15) is 0 Å². The molecule has 3 aliphatic rings. The molecule has 0 fully saturated rings. The Kier molecular flexibility index (Phi) is 19.0. The zero-order valence-corrected chi connectivity index (χ0v) is 81.3. The molecule has 0 unspecified atom stereocenters. The summed E-state index contributed by atoms with van der Waals surface area (Å²) in [6.45, 7) is 0. The SMILES string of the molecule is c1ccc(N2c3ccccc3-n3c(-c4c5ccccc5c(-c5ccc6c(ccc7ccccc76)c5)c5ccccc45)nc4cccc2c43)cc1.c1ccc(N2c3ccccc3-n3c(-c4c5ccccc5c(-c5ccc6ccc7ccccc7c6c5)c5ccccc45)nc4cccc2c43)cc1.c1ccc(N2c3ccccc3-n3c(-c4c5ccccc5c(-c5cccc6c5ccc5ccccc56)c5ccccc45)nc4cccc2c43)cc1. The van der Waals surface area contributed by atoms with Gasteiger partial charge in [-0.15, -0.1) is 0 Å². The quantitative estimate of drug-likeness (QED) is 0.106. The Labute approximate surface area is 863 Å². The maximum Gasteiger partial charge on any atom is 0.147 e. The lowest BCUT2D eigenvalue weighted by atomic mass is 9.86. The van der Waals surface area contributed by atoms with Crippen LogP contribution in [0.4, 0.5) is 51.2 Å². The van der Waals surface area contributed by atoms with Gasteiger partial charge in [0.05, 0.1) is 84.3 Å². The fourth-order valence-electron chi connectivity index (χ4n) is 25.2. The van der Waals surface area contributed by atoms with Gasteiger partial charge in [0.25, 0.3) is 0 Å². The number of benzene rings is 27. The molecule has 6 heterocycles. The van der Waals surface area contributed by atoms with E-state index in [1.54, 1.807) is 0 Å². The van der Waals surface area contributed by atoms with Crippen LogP contribution >= 0.6 is 0 Å². The Hall–Kier alpha value is -20.1. The van der Waals surface area contributed by atoms with Crippen LogP contribution in [0.25, 0.3) is 247 Å². The predicted octanol–water partition coefficient (Wildman–Crippen LogP) is 38.3. The second-order valence-electron chi connectivity index (χ2n) is 39.4. The Bertz CT molecular complexity index is 10700. The number of hydrogen-bond acceptors (Lipinski definition) is 6. The van der Waals surface area contributed by atoms with E-state index in [-0.39, 0.29) is 0 Å². The summed E-state index contributed by atoms with van der Waals surface area (Å²) >= 11 is 0. The van der Waals surface area contributed by atoms with E-state index in [0.29, 0.717) is 0 Å². The Balaban J connectivity index is 0.000000101. The van der Waals surface area contributed by atoms with Crippen molar-refractivity contribution in [2.75, 3.05) is 14.7 Å². The summed E-state index contributed by atoms with van der Waals surface area (Å²) in [6, 6.07) is 191. The minimum atomic E-state index is 0.954. The summed E-state index contributed by atoms with van der Waals surface area (Å²) in [5.41, 5.74) is 30.7. The van der Waals surface area contributed by atoms with E-state index in [4.69, 9.17) is 15.0 Å². The molecule has 33 rings (SSSR count). The lowest BCUT2D eigenvalue weighted by molar-refractivity contribution is 1.07. The van der Waals surface area contributed by atoms with E-state index >= 15 is 0 Å². The number of para-hydroxylation sites is 12. The average Bonchev–Trinajstić information content (AvgIpc) is 1.52. The van der Waals surface area contributed by atoms with Crippen LogP contribution in [0.3, 0.4) is 0 Å². The highest BCUT2D eigenvalue weighted by Gasteiger charge is 2.37. The fraction of sp³-hybridized carbons (Fsp3) is 0. The molecule has 0 atom stereocenters. The van der Waals surface area contributed by atoms with Crippen LogP contribution in [0, 0.1) is 0 Å². The summed E-state index contributed by atoms with van der Waals surface area (Å²) in [5, 5.41) is 29.6. The summed E-state index contributed by atoms with van der Waals surface area (Å²) in [5.74, 6) is 2.86. The highest BCUT2D eigenvalue weighted by atomic mass is 15.3. The van der Waals surface area contributed by atoms with Crippen LogP contribution in [0.2, 0.25) is 0 Å². The van der Waals surface area contributed by atoms with E-state index in [1.807, 2.05) is 0 Å². The average molecular weight is 1910 g/mol. The molecule has 30 aromatic rings. The third-order valence-electron chi connectivity index (χ3n) is 31.4. The first-order valence-corrected chi connectivity index (χ1v) is 51.5. The van der Waals surface area contributed by atoms with Crippen LogP contribution in [0.15, 0.2) is 528 Å². The highest BCUT2D eigenvalue weighted by Crippen LogP contribution is 2.58. The van der Waals surface area contributed by atoms with Gasteiger partial charge in [-0.25, -0.2) is 15.0 Å². The zero-order valence-electron chi connectivity index (χ0n) is 81.3. The van der Waals surface area contributed by atoms with Crippen molar-refractivity contribution >= 4 is 214 Å². The Morgan fingerprint density at radius 3 is 0.747 bits per heavy atom. The zero-order chi connectivity index (χ0) is 98.3. The van der Waals surface area contributed by atoms with Gasteiger partial charge in [-0.05, 0) is 284 Å². The fourth-order valence-corrected chi connectivity index (χ4v) is 25.2. The molecule has 0 saturated heterocycles. The Morgan fingerprint density at radius 2 is 0.373 bits per heavy atom. The van der Waals surface area contributed by atoms with Crippen molar-refractivity contribution in [3.8, 4) is 84.6 Å². The van der Waals surface area contributed by atoms with Crippen molar-refractivity contribution in [2.45, 2.75) is 0 Å². The van der Waals surface area contributed by atoms with Crippen molar-refractivity contribution in [2.24, 2.45) is 0 Å². The van der Waals surface area contributed by atoms with Gasteiger partial charge in [0.2, 0.25) is 0 Å². The highest BCUT2D eigenvalue weighted by molar-refractivity contribution is 6.29. The number of rotatable bonds is 9. The van der Waals surface area contributed by atoms with E-state index in [0.717, 1.165) is 136 Å². The van der Waals surface area contributed by atoms with Crippen molar-refractivity contribution in [1.29, 1.82) is 0 Å². The minimum Gasteiger partial charge on any atom is -0.306 e. The van der Waals surface area contributed by atoms with Gasteiger partial charge < -0.3 is 14.7 Å². The molecule has 27 aromatic carbocycles. The molecule has 0 radical (unpaired) electrons. The second kappa shape index (κ2) is 33.7. The number of imidazole rings is 3. The van der Waals surface area contributed by atoms with Crippen molar-refractivity contribution < 1.29 is 0 Å². The third-order valence-corrected chi connectivity index (χ3v) is 31.4. The summed E-state index contributed by atoms with van der Waals surface area (Å²) in [6.07, 6.45) is 0. The van der Waals surface area contributed by atoms with Gasteiger partial charge in [0.1, 0.15) is 17.5 Å². The van der Waals surface area contributed by atoms with Gasteiger partial charge in [0, 0.05) is 33.8 Å². The number of hydrogen-bond donors (Lipinski definition) is 0. The first kappa shape index (κ1) is 84.4. The van der Waals surface area contributed by atoms with Gasteiger partial charge in [-0.1, -0.05) is 406 Å². The topological polar surface area (TPSA) is 63.2 Å². The van der Waals surface area contributed by atoms with Crippen molar-refractivity contribution in [3.63, 3.8) is 0 Å². The largest absolute Gasteiger partial charge is 0.306 e. The third kappa shape index (κ3) is 12.8. The smallest absolute Gasteiger partial charge is 0.147 e. The van der Waals surface area contributed by atoms with Crippen LogP contribution in [0.1, 0.15) is 0 Å². The molecular formula is C141H87N9. The number of fused-ring (bicyclic) bond motifs is 21. The minimum absolute atomic E-state index is 0.954. The monoisotopic (exact) mass is 1910 g/mol. The van der Waals surface area contributed by atoms with Crippen molar-refractivity contribution in [3.05, 3.63) is 528 Å². The molecule has 3 aliphatic heterocycles. The van der Waals surface area contributed by atoms with Gasteiger partial charge in [0.15, 0.2) is 0 Å². The standard InChI is InChI=1S/3C47H29N3/c1-2-15-31(16-3-1)49-41-25-10-11-26-42(41)50-46-40(24-13-27-43(46)49)48-47(50)45-38-20-8-6-18-36(38)44(37-19-7-9-21-39(37)45)35-23-12-22-33-32-17-5-4-14-30(32)28-29-34(33)35;1-2-14-33(15-3-1)49-41-22-10-11-23-42(41)50-46-40(21-12-24-43(46)49)48-47(50)45-38-19-8-6-17-36(38)44(37-18-7-9-20-39(37)45)32-27-28-35-31(29-32)26-25-30-13-4-5-16-34(30)35;1-2-14-33(15-3-1)49-41-22-10-11-23-42(41)50-46-40(21-12-24-43(46)49)48-47(50)45-37-19-8-6-17-35(37)44(36-18-7-9-20-38(36)45)32-28-27-31-26-25-30-13-4-5-16-34(30)39(31)29-32/h3*1-29H. The van der Waals surface area contributed by atoms with E-state index in [2.05, 4.69) is 556 Å². The molecule has 0 amide bonds. The summed E-state index contributed by atoms with van der Waals surface area (Å²) < 4.78 is 7.20. The van der Waals surface area contributed by atoms with E-state index in [9.17, 15) is 0 Å². The summed E-state index contributed by atoms with van der Waals surface area (Å²) in [4.78, 5) is 23.6. The molecule has 696 valence electrons. The maximum absolute atomic E-state index is 5.50. The molecule has 0 N–H and O–H groups in total. The van der Waals surface area contributed by atoms with Crippen LogP contribution < -0.4 is 14.7 Å². The van der Waals surface area contributed by atoms with Crippen molar-refractivity contribution in [1.82, 2.24) is 28.7 Å². The second-order valence-corrected chi connectivity index (χ2v) is 39.4. The van der Waals surface area contributed by atoms with Crippen LogP contribution in [-0.2, 0) is 0 Å². The summed E-state index contributed by atoms with van der Waals surface area (Å²) in [7, 11) is 0. The first-order chi connectivity index (χ1) is 74.5. The Morgan fingerprint density at radius 1 is 0.133 bits per heavy atom.